The SMILES string of the molecule is CC1CC1(N)CCCN1CCOCC1. The number of ether oxygens (including phenoxy) is 1. The van der Waals surface area contributed by atoms with Gasteiger partial charge in [0, 0.05) is 18.6 Å². The van der Waals surface area contributed by atoms with E-state index in [1.165, 1.54) is 25.8 Å². The van der Waals surface area contributed by atoms with Crippen LogP contribution in [-0.2, 0) is 4.74 Å². The lowest BCUT2D eigenvalue weighted by molar-refractivity contribution is 0.0368. The molecule has 2 N–H and O–H groups in total. The van der Waals surface area contributed by atoms with E-state index in [1.807, 2.05) is 0 Å². The van der Waals surface area contributed by atoms with Crippen molar-refractivity contribution in [2.45, 2.75) is 31.7 Å². The van der Waals surface area contributed by atoms with E-state index in [4.69, 9.17) is 10.5 Å². The van der Waals surface area contributed by atoms with E-state index in [0.717, 1.165) is 32.2 Å². The predicted octanol–water partition coefficient (Wildman–Crippen LogP) is 0.836. The highest BCUT2D eigenvalue weighted by Crippen LogP contribution is 2.43. The second-order valence-electron chi connectivity index (χ2n) is 4.90. The van der Waals surface area contributed by atoms with E-state index >= 15 is 0 Å². The van der Waals surface area contributed by atoms with Gasteiger partial charge < -0.3 is 10.5 Å². The fourth-order valence-corrected chi connectivity index (χ4v) is 2.32. The monoisotopic (exact) mass is 198 g/mol. The molecule has 3 nitrogen and oxygen atoms in total. The largest absolute Gasteiger partial charge is 0.379 e. The highest BCUT2D eigenvalue weighted by Gasteiger charge is 2.46. The molecule has 0 radical (unpaired) electrons. The van der Waals surface area contributed by atoms with Gasteiger partial charge in [0.25, 0.3) is 0 Å². The Kier molecular flexibility index (Phi) is 3.10. The van der Waals surface area contributed by atoms with Crippen LogP contribution < -0.4 is 5.73 Å². The smallest absolute Gasteiger partial charge is 0.0594 e. The zero-order valence-electron chi connectivity index (χ0n) is 9.17. The molecule has 0 amide bonds. The van der Waals surface area contributed by atoms with Crippen LogP contribution in [0, 0.1) is 5.92 Å². The number of hydrogen-bond acceptors (Lipinski definition) is 3. The van der Waals surface area contributed by atoms with Crippen LogP contribution in [-0.4, -0.2) is 43.3 Å². The summed E-state index contributed by atoms with van der Waals surface area (Å²) in [4.78, 5) is 2.49. The summed E-state index contributed by atoms with van der Waals surface area (Å²) in [5, 5.41) is 0. The molecular formula is C11H22N2O. The minimum atomic E-state index is 0.201. The minimum Gasteiger partial charge on any atom is -0.379 e. The highest BCUT2D eigenvalue weighted by atomic mass is 16.5. The number of hydrogen-bond donors (Lipinski definition) is 1. The van der Waals surface area contributed by atoms with Crippen molar-refractivity contribution in [3.05, 3.63) is 0 Å². The van der Waals surface area contributed by atoms with Gasteiger partial charge in [-0.25, -0.2) is 0 Å². The van der Waals surface area contributed by atoms with Crippen molar-refractivity contribution in [3.63, 3.8) is 0 Å². The van der Waals surface area contributed by atoms with Crippen LogP contribution >= 0.6 is 0 Å². The van der Waals surface area contributed by atoms with Crippen LogP contribution in [0.2, 0.25) is 0 Å². The topological polar surface area (TPSA) is 38.5 Å². The maximum Gasteiger partial charge on any atom is 0.0594 e. The Labute approximate surface area is 86.6 Å². The van der Waals surface area contributed by atoms with E-state index in [1.54, 1.807) is 0 Å². The lowest BCUT2D eigenvalue weighted by Gasteiger charge is -2.26. The van der Waals surface area contributed by atoms with E-state index in [9.17, 15) is 0 Å². The van der Waals surface area contributed by atoms with E-state index in [-0.39, 0.29) is 5.54 Å². The Morgan fingerprint density at radius 2 is 2.07 bits per heavy atom. The van der Waals surface area contributed by atoms with Crippen molar-refractivity contribution in [2.24, 2.45) is 11.7 Å². The van der Waals surface area contributed by atoms with Crippen LogP contribution in [0.5, 0.6) is 0 Å². The van der Waals surface area contributed by atoms with Crippen LogP contribution in [0.4, 0.5) is 0 Å². The molecule has 0 aromatic rings. The summed E-state index contributed by atoms with van der Waals surface area (Å²) in [6.07, 6.45) is 3.68. The van der Waals surface area contributed by atoms with Gasteiger partial charge in [-0.1, -0.05) is 6.92 Å². The molecule has 14 heavy (non-hydrogen) atoms. The summed E-state index contributed by atoms with van der Waals surface area (Å²) < 4.78 is 5.31. The first-order valence-corrected chi connectivity index (χ1v) is 5.80. The molecule has 0 spiro atoms. The number of rotatable bonds is 4. The zero-order valence-corrected chi connectivity index (χ0v) is 9.17. The third kappa shape index (κ3) is 2.47. The Morgan fingerprint density at radius 3 is 2.64 bits per heavy atom. The fourth-order valence-electron chi connectivity index (χ4n) is 2.32. The summed E-state index contributed by atoms with van der Waals surface area (Å²) >= 11 is 0. The van der Waals surface area contributed by atoms with Crippen molar-refractivity contribution >= 4 is 0 Å². The zero-order chi connectivity index (χ0) is 10.0. The highest BCUT2D eigenvalue weighted by molar-refractivity contribution is 5.05. The molecule has 2 rings (SSSR count). The van der Waals surface area contributed by atoms with Gasteiger partial charge in [0.05, 0.1) is 13.2 Å². The van der Waals surface area contributed by atoms with Gasteiger partial charge in [-0.3, -0.25) is 4.90 Å². The second-order valence-corrected chi connectivity index (χ2v) is 4.90. The van der Waals surface area contributed by atoms with Crippen molar-refractivity contribution in [2.75, 3.05) is 32.8 Å². The molecule has 2 fully saturated rings. The standard InChI is InChI=1S/C11H22N2O/c1-10-9-11(10,12)3-2-4-13-5-7-14-8-6-13/h10H,2-9,12H2,1H3. The lowest BCUT2D eigenvalue weighted by Crippen LogP contribution is -2.37. The quantitative estimate of drug-likeness (QED) is 0.727. The third-order valence-electron chi connectivity index (χ3n) is 3.73. The first kappa shape index (κ1) is 10.4. The average Bonchev–Trinajstić information content (AvgIpc) is 2.76. The van der Waals surface area contributed by atoms with E-state index < -0.39 is 0 Å². The third-order valence-corrected chi connectivity index (χ3v) is 3.73. The van der Waals surface area contributed by atoms with Crippen LogP contribution in [0.3, 0.4) is 0 Å². The lowest BCUT2D eigenvalue weighted by atomic mass is 10.1. The molecule has 82 valence electrons. The van der Waals surface area contributed by atoms with Gasteiger partial charge in [-0.2, -0.15) is 0 Å². The summed E-state index contributed by atoms with van der Waals surface area (Å²) in [6, 6.07) is 0. The molecule has 0 aromatic carbocycles. The first-order valence-electron chi connectivity index (χ1n) is 5.80. The molecule has 1 saturated heterocycles. The molecule has 2 aliphatic rings. The van der Waals surface area contributed by atoms with Crippen LogP contribution in [0.25, 0.3) is 0 Å². The molecule has 3 heteroatoms. The fraction of sp³-hybridized carbons (Fsp3) is 1.00. The Hall–Kier alpha value is -0.120. The minimum absolute atomic E-state index is 0.201. The number of morpholine rings is 1. The molecular weight excluding hydrogens is 176 g/mol. The summed E-state index contributed by atoms with van der Waals surface area (Å²) in [5.41, 5.74) is 6.36. The van der Waals surface area contributed by atoms with Gasteiger partial charge in [-0.05, 0) is 31.7 Å². The Bertz CT molecular complexity index is 192. The number of nitrogens with zero attached hydrogens (tertiary/aromatic N) is 1. The molecule has 1 aliphatic carbocycles. The van der Waals surface area contributed by atoms with Gasteiger partial charge in [0.2, 0.25) is 0 Å². The first-order chi connectivity index (χ1) is 6.71. The van der Waals surface area contributed by atoms with Gasteiger partial charge in [0.15, 0.2) is 0 Å². The van der Waals surface area contributed by atoms with Gasteiger partial charge in [-0.15, -0.1) is 0 Å². The van der Waals surface area contributed by atoms with Crippen molar-refractivity contribution < 1.29 is 4.74 Å². The maximum absolute atomic E-state index is 6.16. The average molecular weight is 198 g/mol. The van der Waals surface area contributed by atoms with Crippen LogP contribution in [0.1, 0.15) is 26.2 Å². The molecule has 2 atom stereocenters. The second kappa shape index (κ2) is 4.17. The normalized spacial score (nSPS) is 38.6. The molecule has 1 aliphatic heterocycles. The molecule has 1 saturated carbocycles. The molecule has 0 bridgehead atoms. The van der Waals surface area contributed by atoms with Gasteiger partial charge >= 0.3 is 0 Å². The summed E-state index contributed by atoms with van der Waals surface area (Å²) in [7, 11) is 0. The van der Waals surface area contributed by atoms with Crippen molar-refractivity contribution in [1.82, 2.24) is 4.90 Å². The van der Waals surface area contributed by atoms with Crippen LogP contribution in [0.15, 0.2) is 0 Å². The van der Waals surface area contributed by atoms with Crippen molar-refractivity contribution in [3.8, 4) is 0 Å². The Balaban J connectivity index is 1.58. The predicted molar refractivity (Wildman–Crippen MR) is 57.2 cm³/mol. The van der Waals surface area contributed by atoms with Crippen molar-refractivity contribution in [1.29, 1.82) is 0 Å². The Morgan fingerprint density at radius 1 is 1.43 bits per heavy atom. The molecule has 1 heterocycles. The molecule has 0 aromatic heterocycles. The molecule has 2 unspecified atom stereocenters. The van der Waals surface area contributed by atoms with E-state index in [2.05, 4.69) is 11.8 Å². The van der Waals surface area contributed by atoms with Gasteiger partial charge in [0.1, 0.15) is 0 Å². The summed E-state index contributed by atoms with van der Waals surface area (Å²) in [6.45, 7) is 7.48. The summed E-state index contributed by atoms with van der Waals surface area (Å²) in [5.74, 6) is 0.757. The van der Waals surface area contributed by atoms with E-state index in [0.29, 0.717) is 0 Å². The maximum atomic E-state index is 6.16. The number of nitrogens with two attached hydrogens (primary N) is 1.